The SMILES string of the molecule is Cc1cc(C=O)cc2c1OCCCO2. The Bertz CT molecular complexity index is 358. The molecule has 0 bridgehead atoms. The summed E-state index contributed by atoms with van der Waals surface area (Å²) in [5.74, 6) is 1.46. The van der Waals surface area contributed by atoms with Crippen LogP contribution < -0.4 is 9.47 Å². The molecule has 0 unspecified atom stereocenters. The molecule has 0 saturated heterocycles. The van der Waals surface area contributed by atoms with E-state index < -0.39 is 0 Å². The number of aryl methyl sites for hydroxylation is 1. The number of carbonyl (C=O) groups excluding carboxylic acids is 1. The van der Waals surface area contributed by atoms with E-state index >= 15 is 0 Å². The van der Waals surface area contributed by atoms with Crippen molar-refractivity contribution >= 4 is 6.29 Å². The Hall–Kier alpha value is -1.51. The number of hydrogen-bond donors (Lipinski definition) is 0. The summed E-state index contributed by atoms with van der Waals surface area (Å²) in [5, 5.41) is 0. The van der Waals surface area contributed by atoms with Crippen LogP contribution in [0.15, 0.2) is 12.1 Å². The van der Waals surface area contributed by atoms with Crippen molar-refractivity contribution in [2.45, 2.75) is 13.3 Å². The van der Waals surface area contributed by atoms with Crippen molar-refractivity contribution < 1.29 is 14.3 Å². The Morgan fingerprint density at radius 3 is 2.86 bits per heavy atom. The fourth-order valence-electron chi connectivity index (χ4n) is 1.54. The number of fused-ring (bicyclic) bond motifs is 1. The van der Waals surface area contributed by atoms with Crippen LogP contribution in [-0.4, -0.2) is 19.5 Å². The van der Waals surface area contributed by atoms with E-state index in [1.54, 1.807) is 12.1 Å². The van der Waals surface area contributed by atoms with Gasteiger partial charge < -0.3 is 9.47 Å². The Morgan fingerprint density at radius 2 is 2.07 bits per heavy atom. The fraction of sp³-hybridized carbons (Fsp3) is 0.364. The number of hydrogen-bond acceptors (Lipinski definition) is 3. The second-order valence-electron chi connectivity index (χ2n) is 3.33. The van der Waals surface area contributed by atoms with E-state index in [-0.39, 0.29) is 0 Å². The Kier molecular flexibility index (Phi) is 2.39. The zero-order valence-corrected chi connectivity index (χ0v) is 8.08. The van der Waals surface area contributed by atoms with Gasteiger partial charge in [-0.25, -0.2) is 0 Å². The van der Waals surface area contributed by atoms with E-state index in [9.17, 15) is 4.79 Å². The monoisotopic (exact) mass is 192 g/mol. The number of benzene rings is 1. The highest BCUT2D eigenvalue weighted by Gasteiger charge is 2.13. The smallest absolute Gasteiger partial charge is 0.164 e. The van der Waals surface area contributed by atoms with Crippen molar-refractivity contribution in [3.05, 3.63) is 23.3 Å². The van der Waals surface area contributed by atoms with Crippen LogP contribution in [-0.2, 0) is 0 Å². The summed E-state index contributed by atoms with van der Waals surface area (Å²) >= 11 is 0. The number of rotatable bonds is 1. The second-order valence-corrected chi connectivity index (χ2v) is 3.33. The van der Waals surface area contributed by atoms with Crippen molar-refractivity contribution in [1.29, 1.82) is 0 Å². The standard InChI is InChI=1S/C11H12O3/c1-8-5-9(7-12)6-10-11(8)14-4-2-3-13-10/h5-7H,2-4H2,1H3. The molecule has 0 spiro atoms. The lowest BCUT2D eigenvalue weighted by Gasteiger charge is -2.10. The van der Waals surface area contributed by atoms with E-state index in [1.165, 1.54) is 0 Å². The summed E-state index contributed by atoms with van der Waals surface area (Å²) in [6.07, 6.45) is 1.70. The zero-order chi connectivity index (χ0) is 9.97. The van der Waals surface area contributed by atoms with Gasteiger partial charge in [0.2, 0.25) is 0 Å². The molecule has 0 atom stereocenters. The average Bonchev–Trinajstić information content (AvgIpc) is 2.42. The molecule has 0 aliphatic carbocycles. The quantitative estimate of drug-likeness (QED) is 0.638. The minimum atomic E-state index is 0.631. The van der Waals surface area contributed by atoms with E-state index in [1.807, 2.05) is 6.92 Å². The zero-order valence-electron chi connectivity index (χ0n) is 8.08. The first-order valence-electron chi connectivity index (χ1n) is 4.66. The van der Waals surface area contributed by atoms with Crippen LogP contribution >= 0.6 is 0 Å². The molecule has 1 aliphatic heterocycles. The van der Waals surface area contributed by atoms with Crippen molar-refractivity contribution in [2.75, 3.05) is 13.2 Å². The maximum atomic E-state index is 10.6. The molecular weight excluding hydrogens is 180 g/mol. The molecule has 0 saturated carbocycles. The van der Waals surface area contributed by atoms with Crippen molar-refractivity contribution in [2.24, 2.45) is 0 Å². The maximum Gasteiger partial charge on any atom is 0.164 e. The van der Waals surface area contributed by atoms with Gasteiger partial charge >= 0.3 is 0 Å². The van der Waals surface area contributed by atoms with Crippen molar-refractivity contribution in [3.63, 3.8) is 0 Å². The lowest BCUT2D eigenvalue weighted by atomic mass is 10.1. The number of aldehydes is 1. The fourth-order valence-corrected chi connectivity index (χ4v) is 1.54. The highest BCUT2D eigenvalue weighted by molar-refractivity contribution is 5.77. The van der Waals surface area contributed by atoms with Gasteiger partial charge in [0.05, 0.1) is 13.2 Å². The van der Waals surface area contributed by atoms with Crippen LogP contribution in [0.2, 0.25) is 0 Å². The van der Waals surface area contributed by atoms with E-state index in [4.69, 9.17) is 9.47 Å². The van der Waals surface area contributed by atoms with Gasteiger partial charge in [-0.1, -0.05) is 0 Å². The molecule has 1 aromatic carbocycles. The normalized spacial score (nSPS) is 14.6. The highest BCUT2D eigenvalue weighted by Crippen LogP contribution is 2.33. The Balaban J connectivity index is 2.48. The summed E-state index contributed by atoms with van der Waals surface area (Å²) in [4.78, 5) is 10.6. The summed E-state index contributed by atoms with van der Waals surface area (Å²) in [6.45, 7) is 3.24. The van der Waals surface area contributed by atoms with E-state index in [0.717, 1.165) is 24.0 Å². The molecule has 0 amide bonds. The van der Waals surface area contributed by atoms with Crippen LogP contribution in [0.4, 0.5) is 0 Å². The van der Waals surface area contributed by atoms with Crippen LogP contribution in [0.5, 0.6) is 11.5 Å². The summed E-state index contributed by atoms with van der Waals surface area (Å²) in [5.41, 5.74) is 1.58. The van der Waals surface area contributed by atoms with Gasteiger partial charge in [-0.05, 0) is 24.6 Å². The molecule has 0 fully saturated rings. The predicted molar refractivity (Wildman–Crippen MR) is 52.2 cm³/mol. The Labute approximate surface area is 82.6 Å². The molecule has 3 nitrogen and oxygen atoms in total. The molecule has 0 aromatic heterocycles. The number of ether oxygens (including phenoxy) is 2. The van der Waals surface area contributed by atoms with Crippen LogP contribution in [0.3, 0.4) is 0 Å². The second kappa shape index (κ2) is 3.70. The first-order valence-corrected chi connectivity index (χ1v) is 4.66. The molecule has 0 N–H and O–H groups in total. The third kappa shape index (κ3) is 1.58. The predicted octanol–water partition coefficient (Wildman–Crippen LogP) is 1.97. The third-order valence-corrected chi connectivity index (χ3v) is 2.19. The molecular formula is C11H12O3. The molecule has 14 heavy (non-hydrogen) atoms. The van der Waals surface area contributed by atoms with Gasteiger partial charge in [0, 0.05) is 12.0 Å². The molecule has 1 aromatic rings. The van der Waals surface area contributed by atoms with Crippen molar-refractivity contribution in [1.82, 2.24) is 0 Å². The highest BCUT2D eigenvalue weighted by atomic mass is 16.5. The summed E-state index contributed by atoms with van der Waals surface area (Å²) in [6, 6.07) is 3.53. The van der Waals surface area contributed by atoms with Crippen molar-refractivity contribution in [3.8, 4) is 11.5 Å². The van der Waals surface area contributed by atoms with E-state index in [2.05, 4.69) is 0 Å². The summed E-state index contributed by atoms with van der Waals surface area (Å²) in [7, 11) is 0. The topological polar surface area (TPSA) is 35.5 Å². The first kappa shape index (κ1) is 9.06. The molecule has 0 radical (unpaired) electrons. The van der Waals surface area contributed by atoms with Gasteiger partial charge in [0.25, 0.3) is 0 Å². The molecule has 74 valence electrons. The largest absolute Gasteiger partial charge is 0.490 e. The first-order chi connectivity index (χ1) is 6.81. The Morgan fingerprint density at radius 1 is 1.29 bits per heavy atom. The molecule has 2 rings (SSSR count). The number of carbonyl (C=O) groups is 1. The van der Waals surface area contributed by atoms with Gasteiger partial charge in [0.15, 0.2) is 11.5 Å². The lowest BCUT2D eigenvalue weighted by Crippen LogP contribution is -1.97. The van der Waals surface area contributed by atoms with Crippen LogP contribution in [0.25, 0.3) is 0 Å². The van der Waals surface area contributed by atoms with Crippen LogP contribution in [0.1, 0.15) is 22.3 Å². The van der Waals surface area contributed by atoms with Gasteiger partial charge in [-0.3, -0.25) is 4.79 Å². The van der Waals surface area contributed by atoms with Gasteiger partial charge in [-0.15, -0.1) is 0 Å². The third-order valence-electron chi connectivity index (χ3n) is 2.19. The minimum absolute atomic E-state index is 0.631. The lowest BCUT2D eigenvalue weighted by molar-refractivity contribution is 0.112. The molecule has 3 heteroatoms. The van der Waals surface area contributed by atoms with Gasteiger partial charge in [0.1, 0.15) is 6.29 Å². The molecule has 1 aliphatic rings. The minimum Gasteiger partial charge on any atom is -0.490 e. The maximum absolute atomic E-state index is 10.6. The van der Waals surface area contributed by atoms with Gasteiger partial charge in [-0.2, -0.15) is 0 Å². The summed E-state index contributed by atoms with van der Waals surface area (Å²) < 4.78 is 11.0. The van der Waals surface area contributed by atoms with Crippen LogP contribution in [0, 0.1) is 6.92 Å². The average molecular weight is 192 g/mol. The molecule has 1 heterocycles. The van der Waals surface area contributed by atoms with E-state index in [0.29, 0.717) is 24.5 Å².